The summed E-state index contributed by atoms with van der Waals surface area (Å²) in [7, 11) is 4.01. The molecule has 0 unspecified atom stereocenters. The molecule has 0 spiro atoms. The summed E-state index contributed by atoms with van der Waals surface area (Å²) in [5.41, 5.74) is 2.06. The summed E-state index contributed by atoms with van der Waals surface area (Å²) in [6.07, 6.45) is 1.73. The van der Waals surface area contributed by atoms with Crippen LogP contribution < -0.4 is 4.90 Å². The van der Waals surface area contributed by atoms with Gasteiger partial charge in [-0.15, -0.1) is 10.2 Å². The van der Waals surface area contributed by atoms with Crippen LogP contribution in [0.5, 0.6) is 0 Å². The average Bonchev–Trinajstić information content (AvgIpc) is 2.53. The first-order chi connectivity index (χ1) is 6.20. The zero-order valence-corrected chi connectivity index (χ0v) is 8.02. The lowest BCUT2D eigenvalue weighted by molar-refractivity contribution is 1.01. The number of nitrogens with zero attached hydrogens (tertiary/aromatic N) is 4. The molecule has 4 heteroatoms. The van der Waals surface area contributed by atoms with Crippen LogP contribution in [0.4, 0.5) is 5.82 Å². The van der Waals surface area contributed by atoms with Gasteiger partial charge in [0, 0.05) is 14.1 Å². The van der Waals surface area contributed by atoms with Gasteiger partial charge in [0.2, 0.25) is 0 Å². The van der Waals surface area contributed by atoms with Crippen LogP contribution in [0.2, 0.25) is 0 Å². The second-order valence-corrected chi connectivity index (χ2v) is 3.29. The van der Waals surface area contributed by atoms with E-state index >= 15 is 0 Å². The molecule has 0 saturated carbocycles. The molecule has 0 radical (unpaired) electrons. The SMILES string of the molecule is Cc1ccc(N(C)C)n2cnnc12. The third-order valence-corrected chi connectivity index (χ3v) is 2.09. The van der Waals surface area contributed by atoms with Crippen molar-refractivity contribution in [1.82, 2.24) is 14.6 Å². The predicted molar refractivity (Wildman–Crippen MR) is 52.1 cm³/mol. The second-order valence-electron chi connectivity index (χ2n) is 3.29. The van der Waals surface area contributed by atoms with E-state index in [2.05, 4.69) is 22.3 Å². The zero-order chi connectivity index (χ0) is 9.42. The third kappa shape index (κ3) is 1.14. The molecule has 2 aromatic heterocycles. The van der Waals surface area contributed by atoms with E-state index in [9.17, 15) is 0 Å². The summed E-state index contributed by atoms with van der Waals surface area (Å²) in [6.45, 7) is 2.03. The number of hydrogen-bond donors (Lipinski definition) is 0. The molecule has 0 aliphatic carbocycles. The number of fused-ring (bicyclic) bond motifs is 1. The van der Waals surface area contributed by atoms with Crippen LogP contribution in [0.25, 0.3) is 5.65 Å². The summed E-state index contributed by atoms with van der Waals surface area (Å²) in [5.74, 6) is 1.09. The normalized spacial score (nSPS) is 10.7. The first-order valence-electron chi connectivity index (χ1n) is 4.17. The van der Waals surface area contributed by atoms with E-state index in [1.807, 2.05) is 30.3 Å². The van der Waals surface area contributed by atoms with E-state index in [-0.39, 0.29) is 0 Å². The third-order valence-electron chi connectivity index (χ3n) is 2.09. The number of hydrogen-bond acceptors (Lipinski definition) is 3. The minimum atomic E-state index is 0.922. The van der Waals surface area contributed by atoms with Crippen molar-refractivity contribution < 1.29 is 0 Å². The Kier molecular flexibility index (Phi) is 1.69. The van der Waals surface area contributed by atoms with Gasteiger partial charge < -0.3 is 4.90 Å². The highest BCUT2D eigenvalue weighted by molar-refractivity contribution is 5.54. The molecule has 0 aromatic carbocycles. The fraction of sp³-hybridized carbons (Fsp3) is 0.333. The maximum absolute atomic E-state index is 4.05. The van der Waals surface area contributed by atoms with Gasteiger partial charge in [-0.2, -0.15) is 0 Å². The Labute approximate surface area is 76.8 Å². The zero-order valence-electron chi connectivity index (χ0n) is 8.02. The van der Waals surface area contributed by atoms with Gasteiger partial charge in [-0.3, -0.25) is 4.40 Å². The molecule has 0 bridgehead atoms. The van der Waals surface area contributed by atoms with Crippen molar-refractivity contribution in [2.24, 2.45) is 0 Å². The van der Waals surface area contributed by atoms with E-state index in [0.29, 0.717) is 0 Å². The fourth-order valence-electron chi connectivity index (χ4n) is 1.39. The quantitative estimate of drug-likeness (QED) is 0.652. The highest BCUT2D eigenvalue weighted by atomic mass is 15.3. The number of pyridine rings is 1. The highest BCUT2D eigenvalue weighted by Crippen LogP contribution is 2.15. The molecule has 13 heavy (non-hydrogen) atoms. The molecule has 0 aliphatic heterocycles. The van der Waals surface area contributed by atoms with E-state index in [1.54, 1.807) is 6.33 Å². The first kappa shape index (κ1) is 8.04. The number of rotatable bonds is 1. The van der Waals surface area contributed by atoms with Gasteiger partial charge in [-0.25, -0.2) is 0 Å². The lowest BCUT2D eigenvalue weighted by Gasteiger charge is -2.14. The van der Waals surface area contributed by atoms with Crippen LogP contribution in [0.1, 0.15) is 5.56 Å². The largest absolute Gasteiger partial charge is 0.364 e. The predicted octanol–water partition coefficient (Wildman–Crippen LogP) is 1.10. The Bertz CT molecular complexity index is 430. The van der Waals surface area contributed by atoms with Crippen molar-refractivity contribution in [2.45, 2.75) is 6.92 Å². The molecule has 2 aromatic rings. The fourth-order valence-corrected chi connectivity index (χ4v) is 1.39. The summed E-state index contributed by atoms with van der Waals surface area (Å²) in [4.78, 5) is 2.04. The molecular weight excluding hydrogens is 164 g/mol. The Morgan fingerprint density at radius 3 is 2.77 bits per heavy atom. The van der Waals surface area contributed by atoms with Crippen molar-refractivity contribution in [2.75, 3.05) is 19.0 Å². The first-order valence-corrected chi connectivity index (χ1v) is 4.17. The molecular formula is C9H12N4. The molecule has 2 heterocycles. The summed E-state index contributed by atoms with van der Waals surface area (Å²) in [6, 6.07) is 4.12. The number of aromatic nitrogens is 3. The Morgan fingerprint density at radius 2 is 2.08 bits per heavy atom. The van der Waals surface area contributed by atoms with E-state index in [0.717, 1.165) is 17.0 Å². The molecule has 68 valence electrons. The summed E-state index contributed by atoms with van der Waals surface area (Å²) < 4.78 is 1.98. The molecule has 0 amide bonds. The van der Waals surface area contributed by atoms with Crippen LogP contribution in [-0.2, 0) is 0 Å². The van der Waals surface area contributed by atoms with Gasteiger partial charge >= 0.3 is 0 Å². The van der Waals surface area contributed by atoms with Crippen molar-refractivity contribution >= 4 is 11.5 Å². The van der Waals surface area contributed by atoms with Crippen molar-refractivity contribution in [3.05, 3.63) is 24.0 Å². The van der Waals surface area contributed by atoms with E-state index in [1.165, 1.54) is 0 Å². The minimum Gasteiger partial charge on any atom is -0.364 e. The van der Waals surface area contributed by atoms with Crippen molar-refractivity contribution in [3.8, 4) is 0 Å². The summed E-state index contributed by atoms with van der Waals surface area (Å²) in [5, 5.41) is 7.94. The van der Waals surface area contributed by atoms with Crippen LogP contribution >= 0.6 is 0 Å². The molecule has 0 atom stereocenters. The van der Waals surface area contributed by atoms with Gasteiger partial charge in [0.05, 0.1) is 0 Å². The van der Waals surface area contributed by atoms with Gasteiger partial charge in [-0.05, 0) is 18.6 Å². The Balaban J connectivity index is 2.78. The van der Waals surface area contributed by atoms with Crippen LogP contribution in [0.15, 0.2) is 18.5 Å². The molecule has 0 aliphatic rings. The lowest BCUT2D eigenvalue weighted by Crippen LogP contribution is -2.12. The van der Waals surface area contributed by atoms with E-state index < -0.39 is 0 Å². The minimum absolute atomic E-state index is 0.922. The summed E-state index contributed by atoms with van der Waals surface area (Å²) >= 11 is 0. The van der Waals surface area contributed by atoms with Crippen LogP contribution in [0, 0.1) is 6.92 Å². The van der Waals surface area contributed by atoms with Gasteiger partial charge in [0.25, 0.3) is 0 Å². The van der Waals surface area contributed by atoms with Crippen molar-refractivity contribution in [3.63, 3.8) is 0 Å². The van der Waals surface area contributed by atoms with Crippen LogP contribution in [0.3, 0.4) is 0 Å². The molecule has 0 saturated heterocycles. The molecule has 4 nitrogen and oxygen atoms in total. The maximum Gasteiger partial charge on any atom is 0.165 e. The number of aryl methyl sites for hydroxylation is 1. The topological polar surface area (TPSA) is 33.4 Å². The molecule has 2 rings (SSSR count). The monoisotopic (exact) mass is 176 g/mol. The van der Waals surface area contributed by atoms with E-state index in [4.69, 9.17) is 0 Å². The van der Waals surface area contributed by atoms with Crippen LogP contribution in [-0.4, -0.2) is 28.7 Å². The van der Waals surface area contributed by atoms with Gasteiger partial charge in [0.1, 0.15) is 12.1 Å². The van der Waals surface area contributed by atoms with Gasteiger partial charge in [0.15, 0.2) is 5.65 Å². The molecule has 0 N–H and O–H groups in total. The Morgan fingerprint density at radius 1 is 1.31 bits per heavy atom. The van der Waals surface area contributed by atoms with Gasteiger partial charge in [-0.1, -0.05) is 6.07 Å². The standard InChI is InChI=1S/C9H12N4/c1-7-4-5-8(12(2)3)13-6-10-11-9(7)13/h4-6H,1-3H3. The maximum atomic E-state index is 4.05. The lowest BCUT2D eigenvalue weighted by atomic mass is 10.3. The molecule has 0 fully saturated rings. The average molecular weight is 176 g/mol. The van der Waals surface area contributed by atoms with Crippen molar-refractivity contribution in [1.29, 1.82) is 0 Å². The smallest absolute Gasteiger partial charge is 0.165 e. The second kappa shape index (κ2) is 2.73. The Hall–Kier alpha value is -1.58. The highest BCUT2D eigenvalue weighted by Gasteiger charge is 2.05. The number of anilines is 1.